The van der Waals surface area contributed by atoms with Gasteiger partial charge in [0.2, 0.25) is 5.95 Å². The van der Waals surface area contributed by atoms with Gasteiger partial charge in [-0.2, -0.15) is 5.26 Å². The van der Waals surface area contributed by atoms with E-state index in [9.17, 15) is 20.0 Å². The third-order valence-corrected chi connectivity index (χ3v) is 8.53. The molecule has 5 rings (SSSR count). The van der Waals surface area contributed by atoms with Gasteiger partial charge in [0.05, 0.1) is 39.6 Å². The Balaban J connectivity index is 1.45. The van der Waals surface area contributed by atoms with Gasteiger partial charge in [0.15, 0.2) is 12.2 Å². The van der Waals surface area contributed by atoms with E-state index in [1.165, 1.54) is 17.7 Å². The molecule has 1 saturated heterocycles. The summed E-state index contributed by atoms with van der Waals surface area (Å²) in [6.07, 6.45) is 6.26. The quantitative estimate of drug-likeness (QED) is 0.167. The van der Waals surface area contributed by atoms with Gasteiger partial charge in [0.1, 0.15) is 11.6 Å². The van der Waals surface area contributed by atoms with Crippen LogP contribution < -0.4 is 10.6 Å². The Morgan fingerprint density at radius 1 is 1.30 bits per heavy atom. The topological polar surface area (TPSA) is 149 Å². The van der Waals surface area contributed by atoms with Crippen molar-refractivity contribution in [2.75, 3.05) is 18.5 Å². The van der Waals surface area contributed by atoms with Gasteiger partial charge in [-0.3, -0.25) is 14.9 Å². The van der Waals surface area contributed by atoms with Crippen LogP contribution in [-0.2, 0) is 17.9 Å². The molecule has 2 unspecified atom stereocenters. The molecule has 2 atom stereocenters. The second kappa shape index (κ2) is 13.1. The molecule has 0 bridgehead atoms. The number of thiophene rings is 1. The second-order valence-electron chi connectivity index (χ2n) is 12.1. The fourth-order valence-corrected chi connectivity index (χ4v) is 6.10. The van der Waals surface area contributed by atoms with Gasteiger partial charge in [-0.15, -0.1) is 11.3 Å². The van der Waals surface area contributed by atoms with Crippen molar-refractivity contribution in [2.24, 2.45) is 5.41 Å². The van der Waals surface area contributed by atoms with Gasteiger partial charge in [0.25, 0.3) is 11.8 Å². The van der Waals surface area contributed by atoms with Crippen molar-refractivity contribution in [3.63, 3.8) is 0 Å². The Hall–Kier alpha value is -4.31. The summed E-state index contributed by atoms with van der Waals surface area (Å²) in [6.45, 7) is 9.32. The molecule has 0 saturated carbocycles. The van der Waals surface area contributed by atoms with Crippen LogP contribution in [-0.4, -0.2) is 61.6 Å². The number of nitrogens with one attached hydrogen (secondary N) is 2. The Labute approximate surface area is 260 Å². The first-order chi connectivity index (χ1) is 21.1. The summed E-state index contributed by atoms with van der Waals surface area (Å²) >= 11 is 1.29. The first-order valence-electron chi connectivity index (χ1n) is 14.6. The number of amides is 2. The zero-order valence-electron chi connectivity index (χ0n) is 25.3. The number of benzene rings is 1. The molecular formula is C32H37N7O4S. The lowest BCUT2D eigenvalue weighted by Gasteiger charge is -2.26. The van der Waals surface area contributed by atoms with Gasteiger partial charge >= 0.3 is 0 Å². The van der Waals surface area contributed by atoms with Crippen molar-refractivity contribution >= 4 is 40.1 Å². The van der Waals surface area contributed by atoms with Crippen molar-refractivity contribution in [1.82, 2.24) is 24.8 Å². The second-order valence-corrected chi connectivity index (χ2v) is 13.2. The van der Waals surface area contributed by atoms with E-state index in [-0.39, 0.29) is 41.5 Å². The van der Waals surface area contributed by atoms with E-state index in [0.29, 0.717) is 41.7 Å². The minimum absolute atomic E-state index is 0.0307. The van der Waals surface area contributed by atoms with Crippen LogP contribution >= 0.6 is 11.3 Å². The summed E-state index contributed by atoms with van der Waals surface area (Å²) in [5.41, 5.74) is 2.33. The SMILES string of the molecule is CC(CO)NCc1ccc2c(c1)nc(NC(=O)c1ccc(-c3cnco3)s1)n2CC1CCCN1C(=O)C(C#N)=CC(C)(C)C. The summed E-state index contributed by atoms with van der Waals surface area (Å²) < 4.78 is 7.32. The summed E-state index contributed by atoms with van der Waals surface area (Å²) in [6, 6.07) is 11.3. The number of rotatable bonds is 10. The number of nitriles is 1. The number of anilines is 1. The fourth-order valence-electron chi connectivity index (χ4n) is 5.25. The average molecular weight is 616 g/mol. The van der Waals surface area contributed by atoms with Crippen molar-refractivity contribution < 1.29 is 19.1 Å². The highest BCUT2D eigenvalue weighted by Crippen LogP contribution is 2.30. The normalized spacial score (nSPS) is 16.3. The summed E-state index contributed by atoms with van der Waals surface area (Å²) in [7, 11) is 0. The number of imidazole rings is 1. The van der Waals surface area contributed by atoms with Crippen molar-refractivity contribution in [2.45, 2.75) is 65.7 Å². The maximum atomic E-state index is 13.5. The molecule has 0 radical (unpaired) electrons. The van der Waals surface area contributed by atoms with Crippen molar-refractivity contribution in [3.8, 4) is 16.7 Å². The van der Waals surface area contributed by atoms with Crippen LogP contribution in [0.15, 0.2) is 59.0 Å². The maximum absolute atomic E-state index is 13.5. The number of hydrogen-bond donors (Lipinski definition) is 3. The third kappa shape index (κ3) is 7.07. The van der Waals surface area contributed by atoms with Crippen LogP contribution in [0, 0.1) is 16.7 Å². The highest BCUT2D eigenvalue weighted by atomic mass is 32.1. The number of hydrogen-bond acceptors (Lipinski definition) is 9. The van der Waals surface area contributed by atoms with Gasteiger partial charge in [-0.05, 0) is 55.0 Å². The molecule has 3 aromatic heterocycles. The highest BCUT2D eigenvalue weighted by Gasteiger charge is 2.32. The largest absolute Gasteiger partial charge is 0.443 e. The molecule has 0 spiro atoms. The first kappa shape index (κ1) is 31.1. The minimum atomic E-state index is -0.315. The first-order valence-corrected chi connectivity index (χ1v) is 15.5. The molecule has 12 heteroatoms. The van der Waals surface area contributed by atoms with Gasteiger partial charge in [0, 0.05) is 25.7 Å². The van der Waals surface area contributed by atoms with E-state index in [2.05, 4.69) is 21.7 Å². The lowest BCUT2D eigenvalue weighted by Crippen LogP contribution is -2.39. The Bertz CT molecular complexity index is 1710. The number of fused-ring (bicyclic) bond motifs is 1. The standard InChI is InChI=1S/C32H37N7O4S/c1-20(18-40)35-15-21-7-8-25-24(12-21)36-31(37-29(41)28-10-9-27(44-28)26-16-34-19-43-26)39(25)17-23-6-5-11-38(23)30(42)22(14-33)13-32(2,3)4/h7-10,12-13,16,19-20,23,35,40H,5-6,11,15,17-18H2,1-4H3,(H,36,37,41). The Morgan fingerprint density at radius 3 is 2.82 bits per heavy atom. The predicted octanol–water partition coefficient (Wildman–Crippen LogP) is 4.96. The summed E-state index contributed by atoms with van der Waals surface area (Å²) in [5, 5.41) is 25.4. The molecule has 1 aromatic carbocycles. The summed E-state index contributed by atoms with van der Waals surface area (Å²) in [4.78, 5) is 38.8. The number of carbonyl (C=O) groups is 2. The molecule has 0 aliphatic carbocycles. The lowest BCUT2D eigenvalue weighted by molar-refractivity contribution is -0.127. The molecule has 3 N–H and O–H groups in total. The van der Waals surface area contributed by atoms with E-state index in [0.717, 1.165) is 28.8 Å². The molecule has 44 heavy (non-hydrogen) atoms. The van der Waals surface area contributed by atoms with Crippen molar-refractivity contribution in [3.05, 3.63) is 65.0 Å². The number of allylic oxidation sites excluding steroid dienone is 1. The smallest absolute Gasteiger partial charge is 0.268 e. The van der Waals surface area contributed by atoms with Gasteiger partial charge < -0.3 is 24.3 Å². The van der Waals surface area contributed by atoms with Crippen molar-refractivity contribution in [1.29, 1.82) is 5.26 Å². The number of oxazole rings is 1. The molecule has 1 aliphatic heterocycles. The third-order valence-electron chi connectivity index (χ3n) is 7.43. The fraction of sp³-hybridized carbons (Fsp3) is 0.406. The lowest BCUT2D eigenvalue weighted by atomic mass is 9.93. The molecule has 230 valence electrons. The van der Waals surface area contributed by atoms with E-state index in [1.54, 1.807) is 23.2 Å². The van der Waals surface area contributed by atoms with Gasteiger partial charge in [-0.1, -0.05) is 32.9 Å². The van der Waals surface area contributed by atoms with Crippen LogP contribution in [0.3, 0.4) is 0 Å². The number of aromatic nitrogens is 3. The van der Waals surface area contributed by atoms with E-state index >= 15 is 0 Å². The number of carbonyl (C=O) groups excluding carboxylic acids is 2. The summed E-state index contributed by atoms with van der Waals surface area (Å²) in [5.74, 6) is 0.375. The molecule has 1 fully saturated rings. The monoisotopic (exact) mass is 615 g/mol. The molecule has 4 aromatic rings. The van der Waals surface area contributed by atoms with Crippen LogP contribution in [0.25, 0.3) is 21.7 Å². The number of aliphatic hydroxyl groups excluding tert-OH is 1. The van der Waals surface area contributed by atoms with E-state index in [4.69, 9.17) is 9.40 Å². The van der Waals surface area contributed by atoms with E-state index < -0.39 is 0 Å². The molecule has 4 heterocycles. The number of nitrogens with zero attached hydrogens (tertiary/aromatic N) is 5. The van der Waals surface area contributed by atoms with Crippen LogP contribution in [0.5, 0.6) is 0 Å². The molecular weight excluding hydrogens is 578 g/mol. The number of likely N-dealkylation sites (tertiary alicyclic amines) is 1. The maximum Gasteiger partial charge on any atom is 0.268 e. The van der Waals surface area contributed by atoms with E-state index in [1.807, 2.05) is 56.5 Å². The van der Waals surface area contributed by atoms with Crippen LogP contribution in [0.1, 0.15) is 55.8 Å². The van der Waals surface area contributed by atoms with Gasteiger partial charge in [-0.25, -0.2) is 9.97 Å². The molecule has 2 amide bonds. The zero-order chi connectivity index (χ0) is 31.4. The average Bonchev–Trinajstić information content (AvgIpc) is 3.81. The minimum Gasteiger partial charge on any atom is -0.443 e. The van der Waals surface area contributed by atoms with Crippen LogP contribution in [0.4, 0.5) is 5.95 Å². The highest BCUT2D eigenvalue weighted by molar-refractivity contribution is 7.17. The predicted molar refractivity (Wildman–Crippen MR) is 169 cm³/mol. The Kier molecular flexibility index (Phi) is 9.29. The molecule has 1 aliphatic rings. The van der Waals surface area contributed by atoms with Crippen LogP contribution in [0.2, 0.25) is 0 Å². The Morgan fingerprint density at radius 2 is 2.11 bits per heavy atom. The zero-order valence-corrected chi connectivity index (χ0v) is 26.1. The molecule has 11 nitrogen and oxygen atoms in total. The number of aliphatic hydroxyl groups is 1.